The van der Waals surface area contributed by atoms with E-state index >= 15 is 0 Å². The summed E-state index contributed by atoms with van der Waals surface area (Å²) in [5.74, 6) is 0. The Morgan fingerprint density at radius 1 is 0.909 bits per heavy atom. The molecule has 2 amide bonds. The highest BCUT2D eigenvalue weighted by atomic mass is 32.2. The molecule has 0 fully saturated rings. The molecule has 7 heteroatoms. The van der Waals surface area contributed by atoms with Crippen LogP contribution in [0.2, 0.25) is 0 Å². The summed E-state index contributed by atoms with van der Waals surface area (Å²) >= 11 is 0. The van der Waals surface area contributed by atoms with Crippen LogP contribution >= 0.6 is 0 Å². The van der Waals surface area contributed by atoms with Gasteiger partial charge >= 0.3 is 6.03 Å². The van der Waals surface area contributed by atoms with Gasteiger partial charge in [0, 0.05) is 18.4 Å². The minimum absolute atomic E-state index is 0.365. The fourth-order valence-electron chi connectivity index (χ4n) is 1.76. The summed E-state index contributed by atoms with van der Waals surface area (Å²) in [6.45, 7) is 0. The average molecular weight is 319 g/mol. The number of hydrogen-bond donors (Lipinski definition) is 2. The van der Waals surface area contributed by atoms with E-state index in [9.17, 15) is 13.2 Å². The Morgan fingerprint density at radius 3 is 1.91 bits per heavy atom. The lowest BCUT2D eigenvalue weighted by Crippen LogP contribution is -2.24. The second-order valence-electron chi connectivity index (χ2n) is 4.72. The minimum atomic E-state index is -3.30. The number of carbonyl (C=O) groups excluding carboxylic acids is 1. The fraction of sp³-hybridized carbons (Fsp3) is 0.133. The van der Waals surface area contributed by atoms with Gasteiger partial charge in [-0.15, -0.1) is 0 Å². The van der Waals surface area contributed by atoms with E-state index in [1.54, 1.807) is 36.4 Å². The zero-order chi connectivity index (χ0) is 16.2. The Bertz CT molecular complexity index is 743. The number of hydrogen-bond acceptors (Lipinski definition) is 3. The maximum Gasteiger partial charge on any atom is 0.323 e. The van der Waals surface area contributed by atoms with Crippen molar-refractivity contribution in [1.82, 2.24) is 0 Å². The van der Waals surface area contributed by atoms with E-state index in [1.807, 2.05) is 18.2 Å². The lowest BCUT2D eigenvalue weighted by Gasteiger charge is -2.17. The van der Waals surface area contributed by atoms with Crippen molar-refractivity contribution in [2.24, 2.45) is 0 Å². The molecule has 0 aliphatic carbocycles. The molecule has 2 rings (SSSR count). The van der Waals surface area contributed by atoms with E-state index in [4.69, 9.17) is 0 Å². The van der Waals surface area contributed by atoms with Gasteiger partial charge in [0.05, 0.1) is 11.9 Å². The second kappa shape index (κ2) is 6.48. The number of carbonyl (C=O) groups is 1. The number of rotatable bonds is 4. The van der Waals surface area contributed by atoms with Gasteiger partial charge in [0.2, 0.25) is 10.0 Å². The topological polar surface area (TPSA) is 78.5 Å². The third kappa shape index (κ3) is 4.23. The predicted octanol–water partition coefficient (Wildman–Crippen LogP) is 2.73. The number of para-hydroxylation sites is 1. The molecular formula is C15H17N3O3S. The van der Waals surface area contributed by atoms with Crippen molar-refractivity contribution in [3.05, 3.63) is 54.6 Å². The maximum absolute atomic E-state index is 11.8. The zero-order valence-corrected chi connectivity index (χ0v) is 13.1. The monoisotopic (exact) mass is 319 g/mol. The van der Waals surface area contributed by atoms with Crippen LogP contribution in [-0.4, -0.2) is 27.8 Å². The summed E-state index contributed by atoms with van der Waals surface area (Å²) in [7, 11) is -1.83. The van der Waals surface area contributed by atoms with Gasteiger partial charge in [-0.25, -0.2) is 13.2 Å². The molecule has 0 aliphatic heterocycles. The van der Waals surface area contributed by atoms with E-state index in [2.05, 4.69) is 10.6 Å². The Kier molecular flexibility index (Phi) is 4.67. The first kappa shape index (κ1) is 15.8. The quantitative estimate of drug-likeness (QED) is 0.909. The number of anilines is 3. The molecule has 0 atom stereocenters. The molecule has 0 bridgehead atoms. The van der Waals surface area contributed by atoms with Crippen molar-refractivity contribution in [3.8, 4) is 0 Å². The molecule has 0 spiro atoms. The summed E-state index contributed by atoms with van der Waals surface area (Å²) in [6, 6.07) is 15.2. The second-order valence-corrected chi connectivity index (χ2v) is 6.74. The smallest absolute Gasteiger partial charge is 0.308 e. The van der Waals surface area contributed by atoms with Crippen LogP contribution in [0, 0.1) is 0 Å². The third-order valence-electron chi connectivity index (χ3n) is 3.02. The average Bonchev–Trinajstić information content (AvgIpc) is 2.47. The molecule has 22 heavy (non-hydrogen) atoms. The van der Waals surface area contributed by atoms with Crippen molar-refractivity contribution < 1.29 is 13.2 Å². The van der Waals surface area contributed by atoms with Crippen LogP contribution < -0.4 is 14.9 Å². The highest BCUT2D eigenvalue weighted by Gasteiger charge is 2.11. The Hall–Kier alpha value is -2.54. The molecular weight excluding hydrogens is 302 g/mol. The van der Waals surface area contributed by atoms with E-state index in [0.29, 0.717) is 17.1 Å². The van der Waals surface area contributed by atoms with Crippen molar-refractivity contribution >= 4 is 33.1 Å². The van der Waals surface area contributed by atoms with E-state index in [0.717, 1.165) is 6.26 Å². The van der Waals surface area contributed by atoms with Crippen LogP contribution in [0.4, 0.5) is 21.9 Å². The van der Waals surface area contributed by atoms with Gasteiger partial charge in [-0.1, -0.05) is 18.2 Å². The molecule has 2 aromatic rings. The number of nitrogens with zero attached hydrogens (tertiary/aromatic N) is 1. The first-order chi connectivity index (χ1) is 10.4. The molecule has 0 saturated carbocycles. The molecule has 0 heterocycles. The molecule has 0 aliphatic rings. The number of nitrogens with one attached hydrogen (secondary N) is 2. The minimum Gasteiger partial charge on any atom is -0.308 e. The summed E-state index contributed by atoms with van der Waals surface area (Å²) in [5, 5.41) is 5.37. The lowest BCUT2D eigenvalue weighted by atomic mass is 10.3. The molecule has 0 saturated heterocycles. The van der Waals surface area contributed by atoms with Crippen LogP contribution in [0.3, 0.4) is 0 Å². The van der Waals surface area contributed by atoms with Crippen LogP contribution in [0.25, 0.3) is 0 Å². The van der Waals surface area contributed by atoms with Crippen molar-refractivity contribution in [1.29, 1.82) is 0 Å². The van der Waals surface area contributed by atoms with Gasteiger partial charge in [-0.05, 0) is 36.4 Å². The Balaban J connectivity index is 2.01. The number of benzene rings is 2. The maximum atomic E-state index is 11.8. The highest BCUT2D eigenvalue weighted by Crippen LogP contribution is 2.19. The molecule has 0 radical (unpaired) electrons. The largest absolute Gasteiger partial charge is 0.323 e. The van der Waals surface area contributed by atoms with Crippen molar-refractivity contribution in [2.45, 2.75) is 0 Å². The highest BCUT2D eigenvalue weighted by molar-refractivity contribution is 7.92. The summed E-state index contributed by atoms with van der Waals surface area (Å²) in [4.78, 5) is 11.8. The van der Waals surface area contributed by atoms with Gasteiger partial charge in [-0.2, -0.15) is 0 Å². The van der Waals surface area contributed by atoms with Gasteiger partial charge < -0.3 is 10.6 Å². The first-order valence-electron chi connectivity index (χ1n) is 6.53. The molecule has 2 aromatic carbocycles. The van der Waals surface area contributed by atoms with Gasteiger partial charge in [0.15, 0.2) is 0 Å². The SMILES string of the molecule is CN(c1ccc(NC(=O)Nc2ccccc2)cc1)S(C)(=O)=O. The Morgan fingerprint density at radius 2 is 1.41 bits per heavy atom. The molecule has 0 unspecified atom stereocenters. The summed E-state index contributed by atoms with van der Waals surface area (Å²) in [6.07, 6.45) is 1.13. The van der Waals surface area contributed by atoms with Gasteiger partial charge in [-0.3, -0.25) is 4.31 Å². The fourth-order valence-corrected chi connectivity index (χ4v) is 2.27. The van der Waals surface area contributed by atoms with Crippen molar-refractivity contribution in [2.75, 3.05) is 28.2 Å². The first-order valence-corrected chi connectivity index (χ1v) is 8.38. The zero-order valence-electron chi connectivity index (χ0n) is 12.3. The van der Waals surface area contributed by atoms with Gasteiger partial charge in [0.25, 0.3) is 0 Å². The van der Waals surface area contributed by atoms with E-state index in [1.165, 1.54) is 11.4 Å². The summed E-state index contributed by atoms with van der Waals surface area (Å²) < 4.78 is 24.1. The van der Waals surface area contributed by atoms with E-state index < -0.39 is 10.0 Å². The van der Waals surface area contributed by atoms with Crippen molar-refractivity contribution in [3.63, 3.8) is 0 Å². The molecule has 6 nitrogen and oxygen atoms in total. The normalized spacial score (nSPS) is 10.8. The van der Waals surface area contributed by atoms with Crippen LogP contribution in [0.5, 0.6) is 0 Å². The Labute approximate surface area is 129 Å². The van der Waals surface area contributed by atoms with Crippen LogP contribution in [-0.2, 0) is 10.0 Å². The lowest BCUT2D eigenvalue weighted by molar-refractivity contribution is 0.262. The number of amides is 2. The predicted molar refractivity (Wildman–Crippen MR) is 88.8 cm³/mol. The van der Waals surface area contributed by atoms with Crippen LogP contribution in [0.15, 0.2) is 54.6 Å². The standard InChI is InChI=1S/C15H17N3O3S/c1-18(22(2,20)21)14-10-8-13(9-11-14)17-15(19)16-12-6-4-3-5-7-12/h3-11H,1-2H3,(H2,16,17,19). The van der Waals surface area contributed by atoms with Crippen LogP contribution in [0.1, 0.15) is 0 Å². The third-order valence-corrected chi connectivity index (χ3v) is 4.22. The number of urea groups is 1. The number of sulfonamides is 1. The molecule has 116 valence electrons. The molecule has 0 aromatic heterocycles. The van der Waals surface area contributed by atoms with Gasteiger partial charge in [0.1, 0.15) is 0 Å². The molecule has 2 N–H and O–H groups in total. The van der Waals surface area contributed by atoms with E-state index in [-0.39, 0.29) is 6.03 Å². The summed E-state index contributed by atoms with van der Waals surface area (Å²) in [5.41, 5.74) is 1.78.